The first-order valence-electron chi connectivity index (χ1n) is 7.40. The Morgan fingerprint density at radius 1 is 1.30 bits per heavy atom. The summed E-state index contributed by atoms with van der Waals surface area (Å²) in [6.07, 6.45) is 0.971. The van der Waals surface area contributed by atoms with Gasteiger partial charge in [-0.1, -0.05) is 12.1 Å². The lowest BCUT2D eigenvalue weighted by molar-refractivity contribution is 0.188. The number of hydrogen-bond donors (Lipinski definition) is 1. The van der Waals surface area contributed by atoms with Gasteiger partial charge >= 0.3 is 0 Å². The maximum absolute atomic E-state index is 13.1. The zero-order chi connectivity index (χ0) is 16.6. The molecule has 1 aliphatic rings. The second-order valence-corrected chi connectivity index (χ2v) is 7.35. The van der Waals surface area contributed by atoms with Gasteiger partial charge in [-0.2, -0.15) is 9.40 Å². The number of halogens is 1. The van der Waals surface area contributed by atoms with Crippen LogP contribution >= 0.6 is 0 Å². The van der Waals surface area contributed by atoms with E-state index in [1.807, 2.05) is 6.92 Å². The monoisotopic (exact) mass is 339 g/mol. The van der Waals surface area contributed by atoms with Crippen LogP contribution in [0.1, 0.15) is 24.9 Å². The third-order valence-electron chi connectivity index (χ3n) is 4.04. The lowest BCUT2D eigenvalue weighted by atomic mass is 10.0. The molecule has 0 saturated carbocycles. The normalized spacial score (nSPS) is 22.6. The van der Waals surface area contributed by atoms with Crippen molar-refractivity contribution in [2.75, 3.05) is 6.54 Å². The second kappa shape index (κ2) is 6.03. The summed E-state index contributed by atoms with van der Waals surface area (Å²) in [5.74, 6) is -0.384. The van der Waals surface area contributed by atoms with Crippen LogP contribution in [0.3, 0.4) is 0 Å². The van der Waals surface area contributed by atoms with Crippen molar-refractivity contribution in [3.8, 4) is 0 Å². The summed E-state index contributed by atoms with van der Waals surface area (Å²) < 4.78 is 41.7. The minimum Gasteiger partial charge on any atom is -0.392 e. The van der Waals surface area contributed by atoms with E-state index in [0.29, 0.717) is 12.1 Å². The zero-order valence-corrected chi connectivity index (χ0v) is 13.4. The van der Waals surface area contributed by atoms with Crippen molar-refractivity contribution >= 4 is 10.0 Å². The molecule has 1 aromatic carbocycles. The third kappa shape index (κ3) is 2.89. The highest BCUT2D eigenvalue weighted by molar-refractivity contribution is 7.89. The molecule has 1 aliphatic heterocycles. The molecule has 2 unspecified atom stereocenters. The maximum Gasteiger partial charge on any atom is 0.260 e. The van der Waals surface area contributed by atoms with Crippen LogP contribution in [0.4, 0.5) is 4.39 Å². The van der Waals surface area contributed by atoms with Gasteiger partial charge < -0.3 is 5.11 Å². The van der Waals surface area contributed by atoms with E-state index in [9.17, 15) is 17.9 Å². The summed E-state index contributed by atoms with van der Waals surface area (Å²) in [4.78, 5) is 0. The Kier molecular flexibility index (Phi) is 4.22. The van der Waals surface area contributed by atoms with Crippen LogP contribution in [0.15, 0.2) is 41.6 Å². The van der Waals surface area contributed by atoms with Gasteiger partial charge in [0.15, 0.2) is 5.03 Å². The molecule has 0 amide bonds. The lowest BCUT2D eigenvalue weighted by Gasteiger charge is -2.24. The van der Waals surface area contributed by atoms with Crippen LogP contribution < -0.4 is 0 Å². The van der Waals surface area contributed by atoms with E-state index in [1.165, 1.54) is 33.4 Å². The lowest BCUT2D eigenvalue weighted by Crippen LogP contribution is -2.33. The Hall–Kier alpha value is -1.77. The molecule has 1 fully saturated rings. The summed E-state index contributed by atoms with van der Waals surface area (Å²) in [5, 5.41) is 14.1. The van der Waals surface area contributed by atoms with Crippen LogP contribution in [-0.4, -0.2) is 40.3 Å². The number of benzene rings is 1. The van der Waals surface area contributed by atoms with E-state index in [2.05, 4.69) is 5.10 Å². The molecule has 1 N–H and O–H groups in total. The molecule has 1 saturated heterocycles. The van der Waals surface area contributed by atoms with Crippen LogP contribution in [0.25, 0.3) is 0 Å². The summed E-state index contributed by atoms with van der Waals surface area (Å²) in [6.45, 7) is 2.25. The van der Waals surface area contributed by atoms with Gasteiger partial charge in [0.1, 0.15) is 5.82 Å². The fourth-order valence-corrected chi connectivity index (χ4v) is 4.76. The standard InChI is InChI=1S/C15H18FN3O3S/c1-2-18-15(7-8-17-18)23(21,22)19-10-13(20)9-14(19)11-3-5-12(16)6-4-11/h3-8,13-14,20H,2,9-10H2,1H3. The summed E-state index contributed by atoms with van der Waals surface area (Å²) in [7, 11) is -3.80. The Balaban J connectivity index is 2.00. The minimum absolute atomic E-state index is 0.0132. The van der Waals surface area contributed by atoms with Crippen molar-refractivity contribution in [3.05, 3.63) is 47.9 Å². The van der Waals surface area contributed by atoms with Crippen molar-refractivity contribution < 1.29 is 17.9 Å². The molecule has 0 bridgehead atoms. The molecule has 2 heterocycles. The Morgan fingerprint density at radius 3 is 2.65 bits per heavy atom. The number of aryl methyl sites for hydroxylation is 1. The second-order valence-electron chi connectivity index (χ2n) is 5.52. The quantitative estimate of drug-likeness (QED) is 0.917. The molecule has 1 aromatic heterocycles. The van der Waals surface area contributed by atoms with Crippen molar-refractivity contribution in [2.45, 2.75) is 37.1 Å². The molecular formula is C15H18FN3O3S. The highest BCUT2D eigenvalue weighted by Crippen LogP contribution is 2.36. The van der Waals surface area contributed by atoms with Crippen LogP contribution in [0.5, 0.6) is 0 Å². The molecule has 0 radical (unpaired) electrons. The highest BCUT2D eigenvalue weighted by Gasteiger charge is 2.41. The van der Waals surface area contributed by atoms with Crippen molar-refractivity contribution in [3.63, 3.8) is 0 Å². The smallest absolute Gasteiger partial charge is 0.260 e. The summed E-state index contributed by atoms with van der Waals surface area (Å²) >= 11 is 0. The number of rotatable bonds is 4. The van der Waals surface area contributed by atoms with Gasteiger partial charge in [0, 0.05) is 13.1 Å². The zero-order valence-electron chi connectivity index (χ0n) is 12.6. The number of β-amino-alcohol motifs (C(OH)–C–C–N with tert-alkyl or cyclic N) is 1. The van der Waals surface area contributed by atoms with E-state index in [1.54, 1.807) is 12.1 Å². The topological polar surface area (TPSA) is 75.4 Å². The molecule has 6 nitrogen and oxygen atoms in total. The first-order valence-corrected chi connectivity index (χ1v) is 8.84. The number of nitrogens with zero attached hydrogens (tertiary/aromatic N) is 3. The van der Waals surface area contributed by atoms with Gasteiger partial charge in [0.25, 0.3) is 10.0 Å². The fourth-order valence-electron chi connectivity index (χ4n) is 2.93. The van der Waals surface area contributed by atoms with Crippen molar-refractivity contribution in [2.24, 2.45) is 0 Å². The molecule has 2 atom stereocenters. The summed E-state index contributed by atoms with van der Waals surface area (Å²) in [5.41, 5.74) is 0.661. The van der Waals surface area contributed by atoms with E-state index < -0.39 is 22.2 Å². The number of sulfonamides is 1. The predicted molar refractivity (Wildman–Crippen MR) is 81.6 cm³/mol. The molecular weight excluding hydrogens is 321 g/mol. The Labute approximate surface area is 134 Å². The highest BCUT2D eigenvalue weighted by atomic mass is 32.2. The molecule has 0 spiro atoms. The van der Waals surface area contributed by atoms with Gasteiger partial charge in [0.05, 0.1) is 18.3 Å². The van der Waals surface area contributed by atoms with Gasteiger partial charge in [-0.15, -0.1) is 0 Å². The number of aliphatic hydroxyl groups excluding tert-OH is 1. The van der Waals surface area contributed by atoms with E-state index in [-0.39, 0.29) is 23.8 Å². The Bertz CT molecular complexity index is 789. The molecule has 3 rings (SSSR count). The first kappa shape index (κ1) is 16.1. The van der Waals surface area contributed by atoms with Gasteiger partial charge in [0.2, 0.25) is 0 Å². The number of hydrogen-bond acceptors (Lipinski definition) is 4. The van der Waals surface area contributed by atoms with E-state index >= 15 is 0 Å². The average Bonchev–Trinajstić information content (AvgIpc) is 3.14. The van der Waals surface area contributed by atoms with E-state index in [0.717, 1.165) is 0 Å². The average molecular weight is 339 g/mol. The third-order valence-corrected chi connectivity index (χ3v) is 5.93. The van der Waals surface area contributed by atoms with Gasteiger partial charge in [-0.05, 0) is 37.1 Å². The van der Waals surface area contributed by atoms with Crippen LogP contribution in [0, 0.1) is 5.82 Å². The largest absolute Gasteiger partial charge is 0.392 e. The van der Waals surface area contributed by atoms with Gasteiger partial charge in [-0.3, -0.25) is 4.68 Å². The SMILES string of the molecule is CCn1nccc1S(=O)(=O)N1CC(O)CC1c1ccc(F)cc1. The van der Waals surface area contributed by atoms with Crippen LogP contribution in [-0.2, 0) is 16.6 Å². The maximum atomic E-state index is 13.1. The van der Waals surface area contributed by atoms with Crippen molar-refractivity contribution in [1.82, 2.24) is 14.1 Å². The molecule has 23 heavy (non-hydrogen) atoms. The first-order chi connectivity index (χ1) is 10.9. The number of aliphatic hydroxyl groups is 1. The molecule has 124 valence electrons. The fraction of sp³-hybridized carbons (Fsp3) is 0.400. The van der Waals surface area contributed by atoms with Crippen molar-refractivity contribution in [1.29, 1.82) is 0 Å². The summed E-state index contributed by atoms with van der Waals surface area (Å²) in [6, 6.07) is 6.62. The minimum atomic E-state index is -3.80. The molecule has 8 heteroatoms. The molecule has 2 aromatic rings. The van der Waals surface area contributed by atoms with E-state index in [4.69, 9.17) is 0 Å². The Morgan fingerprint density at radius 2 is 2.00 bits per heavy atom. The molecule has 0 aliphatic carbocycles. The predicted octanol–water partition coefficient (Wildman–Crippen LogP) is 1.54. The van der Waals surface area contributed by atoms with Gasteiger partial charge in [-0.25, -0.2) is 12.8 Å². The van der Waals surface area contributed by atoms with Crippen LogP contribution in [0.2, 0.25) is 0 Å². The number of aromatic nitrogens is 2.